The molecule has 0 radical (unpaired) electrons. The van der Waals surface area contributed by atoms with Crippen molar-refractivity contribution in [3.63, 3.8) is 0 Å². The van der Waals surface area contributed by atoms with Gasteiger partial charge in [0.25, 0.3) is 5.91 Å². The summed E-state index contributed by atoms with van der Waals surface area (Å²) in [7, 11) is 0. The van der Waals surface area contributed by atoms with Crippen LogP contribution in [0.1, 0.15) is 28.8 Å². The van der Waals surface area contributed by atoms with Gasteiger partial charge in [0.05, 0.1) is 24.8 Å². The maximum atomic E-state index is 12.5. The van der Waals surface area contributed by atoms with Crippen LogP contribution in [0.3, 0.4) is 0 Å². The number of para-hydroxylation sites is 1. The highest BCUT2D eigenvalue weighted by Gasteiger charge is 2.22. The molecule has 1 aromatic heterocycles. The van der Waals surface area contributed by atoms with Crippen molar-refractivity contribution in [3.05, 3.63) is 53.7 Å². The summed E-state index contributed by atoms with van der Waals surface area (Å²) in [5, 5.41) is 3.02. The molecule has 1 aromatic carbocycles. The fourth-order valence-corrected chi connectivity index (χ4v) is 3.24. The fourth-order valence-electron chi connectivity index (χ4n) is 3.24. The number of pyridine rings is 1. The first-order valence-electron chi connectivity index (χ1n) is 9.00. The Kier molecular flexibility index (Phi) is 5.02. The van der Waals surface area contributed by atoms with Crippen LogP contribution in [0.4, 0.5) is 0 Å². The topological polar surface area (TPSA) is 69.7 Å². The molecule has 0 bridgehead atoms. The highest BCUT2D eigenvalue weighted by atomic mass is 16.5. The van der Waals surface area contributed by atoms with E-state index in [0.29, 0.717) is 18.1 Å². The third-order valence-electron chi connectivity index (χ3n) is 4.67. The lowest BCUT2D eigenvalue weighted by molar-refractivity contribution is 0.0237. The third-order valence-corrected chi connectivity index (χ3v) is 4.67. The van der Waals surface area contributed by atoms with Gasteiger partial charge in [0.1, 0.15) is 18.5 Å². The Balaban J connectivity index is 1.33. The molecule has 2 aromatic rings. The first kappa shape index (κ1) is 16.8. The SMILES string of the molecule is O=C(N[C@@H]1COc2ccccc2C1)c1ccc(OC2CCOCC2)nc1. The fraction of sp³-hybridized carbons (Fsp3) is 0.400. The molecule has 4 rings (SSSR count). The Morgan fingerprint density at radius 3 is 2.81 bits per heavy atom. The van der Waals surface area contributed by atoms with Gasteiger partial charge < -0.3 is 19.5 Å². The summed E-state index contributed by atoms with van der Waals surface area (Å²) in [5.41, 5.74) is 1.63. The maximum Gasteiger partial charge on any atom is 0.253 e. The van der Waals surface area contributed by atoms with Crippen LogP contribution in [-0.2, 0) is 11.2 Å². The molecular formula is C20H22N2O4. The average Bonchev–Trinajstić information content (AvgIpc) is 2.69. The minimum absolute atomic E-state index is 0.0458. The standard InChI is InChI=1S/C20H22N2O4/c23-20(22-16-11-14-3-1-2-4-18(14)25-13-16)15-5-6-19(21-12-15)26-17-7-9-24-10-8-17/h1-6,12,16-17H,7-11,13H2,(H,22,23)/t16-/m0/s1. The Morgan fingerprint density at radius 1 is 1.15 bits per heavy atom. The van der Waals surface area contributed by atoms with Crippen molar-refractivity contribution in [2.75, 3.05) is 19.8 Å². The molecule has 6 nitrogen and oxygen atoms in total. The summed E-state index contributed by atoms with van der Waals surface area (Å²) in [6.45, 7) is 1.91. The summed E-state index contributed by atoms with van der Waals surface area (Å²) in [6.07, 6.45) is 4.19. The first-order chi connectivity index (χ1) is 12.8. The molecule has 1 fully saturated rings. The molecule has 2 aliphatic rings. The summed E-state index contributed by atoms with van der Waals surface area (Å²) < 4.78 is 16.9. The molecular weight excluding hydrogens is 332 g/mol. The molecule has 1 atom stereocenters. The Bertz CT molecular complexity index is 757. The number of aromatic nitrogens is 1. The van der Waals surface area contributed by atoms with Gasteiger partial charge in [-0.05, 0) is 24.1 Å². The largest absolute Gasteiger partial charge is 0.491 e. The van der Waals surface area contributed by atoms with Crippen molar-refractivity contribution in [1.82, 2.24) is 10.3 Å². The number of hydrogen-bond acceptors (Lipinski definition) is 5. The van der Waals surface area contributed by atoms with E-state index in [1.165, 1.54) is 0 Å². The van der Waals surface area contributed by atoms with Gasteiger partial charge in [-0.2, -0.15) is 0 Å². The molecule has 0 saturated carbocycles. The van der Waals surface area contributed by atoms with Crippen molar-refractivity contribution in [2.45, 2.75) is 31.4 Å². The van der Waals surface area contributed by atoms with Crippen molar-refractivity contribution in [1.29, 1.82) is 0 Å². The number of carbonyl (C=O) groups excluding carboxylic acids is 1. The smallest absolute Gasteiger partial charge is 0.253 e. The van der Waals surface area contributed by atoms with Crippen LogP contribution in [0.25, 0.3) is 0 Å². The van der Waals surface area contributed by atoms with Crippen molar-refractivity contribution in [2.24, 2.45) is 0 Å². The number of amides is 1. The number of nitrogens with one attached hydrogen (secondary N) is 1. The second-order valence-corrected chi connectivity index (χ2v) is 6.61. The lowest BCUT2D eigenvalue weighted by atomic mass is 10.0. The van der Waals surface area contributed by atoms with Gasteiger partial charge in [-0.1, -0.05) is 18.2 Å². The molecule has 136 valence electrons. The Hall–Kier alpha value is -2.60. The third kappa shape index (κ3) is 3.96. The van der Waals surface area contributed by atoms with Crippen molar-refractivity contribution in [3.8, 4) is 11.6 Å². The number of benzene rings is 1. The summed E-state index contributed by atoms with van der Waals surface area (Å²) in [5.74, 6) is 1.29. The van der Waals surface area contributed by atoms with E-state index in [0.717, 1.165) is 43.8 Å². The quantitative estimate of drug-likeness (QED) is 0.913. The number of hydrogen-bond donors (Lipinski definition) is 1. The zero-order chi connectivity index (χ0) is 17.8. The average molecular weight is 354 g/mol. The highest BCUT2D eigenvalue weighted by Crippen LogP contribution is 2.24. The van der Waals surface area contributed by atoms with E-state index in [4.69, 9.17) is 14.2 Å². The van der Waals surface area contributed by atoms with Crippen LogP contribution in [0.5, 0.6) is 11.6 Å². The van der Waals surface area contributed by atoms with Gasteiger partial charge in [0, 0.05) is 25.1 Å². The van der Waals surface area contributed by atoms with Gasteiger partial charge in [-0.3, -0.25) is 4.79 Å². The van der Waals surface area contributed by atoms with Gasteiger partial charge in [-0.25, -0.2) is 4.98 Å². The Labute approximate surface area is 152 Å². The molecule has 26 heavy (non-hydrogen) atoms. The number of ether oxygens (including phenoxy) is 3. The van der Waals surface area contributed by atoms with Crippen LogP contribution < -0.4 is 14.8 Å². The molecule has 1 saturated heterocycles. The summed E-state index contributed by atoms with van der Waals surface area (Å²) in [4.78, 5) is 16.7. The van der Waals surface area contributed by atoms with Crippen LogP contribution >= 0.6 is 0 Å². The van der Waals surface area contributed by atoms with Crippen LogP contribution in [-0.4, -0.2) is 42.9 Å². The summed E-state index contributed by atoms with van der Waals surface area (Å²) in [6, 6.07) is 11.4. The second-order valence-electron chi connectivity index (χ2n) is 6.61. The number of rotatable bonds is 4. The molecule has 1 amide bonds. The van der Waals surface area contributed by atoms with E-state index >= 15 is 0 Å². The molecule has 0 spiro atoms. The lowest BCUT2D eigenvalue weighted by Gasteiger charge is -2.26. The van der Waals surface area contributed by atoms with Crippen molar-refractivity contribution < 1.29 is 19.0 Å². The molecule has 6 heteroatoms. The second kappa shape index (κ2) is 7.74. The van der Waals surface area contributed by atoms with E-state index < -0.39 is 0 Å². The van der Waals surface area contributed by atoms with E-state index in [1.807, 2.05) is 24.3 Å². The minimum atomic E-state index is -0.150. The molecule has 0 unspecified atom stereocenters. The van der Waals surface area contributed by atoms with Gasteiger partial charge in [0.2, 0.25) is 5.88 Å². The molecule has 0 aliphatic carbocycles. The molecule has 3 heterocycles. The monoisotopic (exact) mass is 354 g/mol. The zero-order valence-electron chi connectivity index (χ0n) is 14.5. The first-order valence-corrected chi connectivity index (χ1v) is 9.00. The summed E-state index contributed by atoms with van der Waals surface area (Å²) >= 11 is 0. The molecule has 1 N–H and O–H groups in total. The normalized spacial score (nSPS) is 19.9. The zero-order valence-corrected chi connectivity index (χ0v) is 14.5. The highest BCUT2D eigenvalue weighted by molar-refractivity contribution is 5.94. The van der Waals surface area contributed by atoms with E-state index in [-0.39, 0.29) is 18.1 Å². The predicted molar refractivity (Wildman–Crippen MR) is 95.6 cm³/mol. The lowest BCUT2D eigenvalue weighted by Crippen LogP contribution is -2.42. The number of carbonyl (C=O) groups is 1. The van der Waals surface area contributed by atoms with E-state index in [9.17, 15) is 4.79 Å². The Morgan fingerprint density at radius 2 is 2.00 bits per heavy atom. The van der Waals surface area contributed by atoms with Gasteiger partial charge in [0.15, 0.2) is 0 Å². The van der Waals surface area contributed by atoms with Crippen LogP contribution in [0.2, 0.25) is 0 Å². The van der Waals surface area contributed by atoms with Gasteiger partial charge in [-0.15, -0.1) is 0 Å². The maximum absolute atomic E-state index is 12.5. The van der Waals surface area contributed by atoms with Crippen LogP contribution in [0, 0.1) is 0 Å². The molecule has 2 aliphatic heterocycles. The van der Waals surface area contributed by atoms with Gasteiger partial charge >= 0.3 is 0 Å². The van der Waals surface area contributed by atoms with Crippen LogP contribution in [0.15, 0.2) is 42.6 Å². The van der Waals surface area contributed by atoms with E-state index in [2.05, 4.69) is 10.3 Å². The number of nitrogens with zero attached hydrogens (tertiary/aromatic N) is 1. The minimum Gasteiger partial charge on any atom is -0.491 e. The number of fused-ring (bicyclic) bond motifs is 1. The van der Waals surface area contributed by atoms with E-state index in [1.54, 1.807) is 18.3 Å². The van der Waals surface area contributed by atoms with Crippen molar-refractivity contribution >= 4 is 5.91 Å². The predicted octanol–water partition coefficient (Wildman–Crippen LogP) is 2.37.